The molecule has 1 N–H and O–H groups in total. The molecule has 0 aliphatic carbocycles. The van der Waals surface area contributed by atoms with Crippen molar-refractivity contribution in [2.24, 2.45) is 0 Å². The highest BCUT2D eigenvalue weighted by Crippen LogP contribution is 2.21. The number of carbonyl (C=O) groups is 1. The van der Waals surface area contributed by atoms with Crippen LogP contribution in [-0.2, 0) is 21.2 Å². The van der Waals surface area contributed by atoms with Crippen molar-refractivity contribution in [3.05, 3.63) is 59.1 Å². The number of rotatable bonds is 6. The number of amides is 1. The molecule has 0 spiro atoms. The van der Waals surface area contributed by atoms with Crippen LogP contribution in [0.25, 0.3) is 0 Å². The number of carbonyl (C=O) groups excluding carboxylic acids is 1. The molecule has 28 heavy (non-hydrogen) atoms. The molecule has 2 aromatic rings. The van der Waals surface area contributed by atoms with Crippen molar-refractivity contribution in [2.75, 3.05) is 38.5 Å². The molecule has 1 aliphatic heterocycles. The topological polar surface area (TPSA) is 69.7 Å². The smallest absolute Gasteiger partial charge is 0.243 e. The SMILES string of the molecule is CN1CCN(S(=O)(=O)c2cccc(NC(=O)CCc3ccc(Cl)cc3)c2)CC1. The number of benzene rings is 2. The standard InChI is InChI=1S/C20H24ClN3O3S/c1-23-11-13-24(14-12-23)28(26,27)19-4-2-3-18(15-19)22-20(25)10-7-16-5-8-17(21)9-6-16/h2-6,8-9,15H,7,10-14H2,1H3,(H,22,25). The van der Waals surface area contributed by atoms with Gasteiger partial charge in [0.1, 0.15) is 0 Å². The molecule has 3 rings (SSSR count). The average Bonchev–Trinajstić information content (AvgIpc) is 2.68. The zero-order chi connectivity index (χ0) is 20.1. The Kier molecular flexibility index (Phi) is 6.72. The number of nitrogens with one attached hydrogen (secondary N) is 1. The molecule has 0 atom stereocenters. The van der Waals surface area contributed by atoms with E-state index in [0.717, 1.165) is 5.56 Å². The third-order valence-corrected chi connectivity index (χ3v) is 6.92. The Balaban J connectivity index is 1.62. The Morgan fingerprint density at radius 1 is 1.07 bits per heavy atom. The minimum absolute atomic E-state index is 0.163. The number of hydrogen-bond acceptors (Lipinski definition) is 4. The van der Waals surface area contributed by atoms with Gasteiger partial charge in [-0.05, 0) is 49.4 Å². The maximum Gasteiger partial charge on any atom is 0.243 e. The minimum Gasteiger partial charge on any atom is -0.326 e. The molecule has 8 heteroatoms. The van der Waals surface area contributed by atoms with Gasteiger partial charge < -0.3 is 10.2 Å². The zero-order valence-corrected chi connectivity index (χ0v) is 17.3. The molecule has 0 aromatic heterocycles. The van der Waals surface area contributed by atoms with Crippen molar-refractivity contribution >= 4 is 33.2 Å². The number of halogens is 1. The molecule has 150 valence electrons. The molecule has 6 nitrogen and oxygen atoms in total. The summed E-state index contributed by atoms with van der Waals surface area (Å²) in [5.74, 6) is -0.163. The van der Waals surface area contributed by atoms with E-state index in [1.807, 2.05) is 19.2 Å². The third-order valence-electron chi connectivity index (χ3n) is 4.77. The highest BCUT2D eigenvalue weighted by molar-refractivity contribution is 7.89. The Hall–Kier alpha value is -1.93. The molecule has 1 saturated heterocycles. The number of nitrogens with zero attached hydrogens (tertiary/aromatic N) is 2. The van der Waals surface area contributed by atoms with Crippen molar-refractivity contribution in [2.45, 2.75) is 17.7 Å². The van der Waals surface area contributed by atoms with E-state index in [2.05, 4.69) is 10.2 Å². The van der Waals surface area contributed by atoms with Crippen LogP contribution in [-0.4, -0.2) is 56.8 Å². The van der Waals surface area contributed by atoms with Crippen LogP contribution in [0.4, 0.5) is 5.69 Å². The highest BCUT2D eigenvalue weighted by atomic mass is 35.5. The largest absolute Gasteiger partial charge is 0.326 e. The summed E-state index contributed by atoms with van der Waals surface area (Å²) >= 11 is 5.86. The van der Waals surface area contributed by atoms with E-state index in [0.29, 0.717) is 49.7 Å². The number of piperazine rings is 1. The van der Waals surface area contributed by atoms with E-state index < -0.39 is 10.0 Å². The first-order chi connectivity index (χ1) is 13.3. The van der Waals surface area contributed by atoms with Crippen LogP contribution in [0.2, 0.25) is 5.02 Å². The molecule has 0 saturated carbocycles. The van der Waals surface area contributed by atoms with Crippen molar-refractivity contribution in [1.29, 1.82) is 0 Å². The number of anilines is 1. The van der Waals surface area contributed by atoms with Crippen LogP contribution < -0.4 is 5.32 Å². The minimum atomic E-state index is -3.56. The summed E-state index contributed by atoms with van der Waals surface area (Å²) in [5, 5.41) is 3.45. The molecule has 1 fully saturated rings. The predicted molar refractivity (Wildman–Crippen MR) is 111 cm³/mol. The highest BCUT2D eigenvalue weighted by Gasteiger charge is 2.27. The van der Waals surface area contributed by atoms with E-state index in [9.17, 15) is 13.2 Å². The van der Waals surface area contributed by atoms with E-state index in [1.165, 1.54) is 10.4 Å². The molecule has 0 radical (unpaired) electrons. The van der Waals surface area contributed by atoms with Crippen molar-refractivity contribution in [3.8, 4) is 0 Å². The number of aryl methyl sites for hydroxylation is 1. The first kappa shape index (κ1) is 20.8. The summed E-state index contributed by atoms with van der Waals surface area (Å²) in [6.45, 7) is 2.35. The van der Waals surface area contributed by atoms with Gasteiger partial charge in [-0.2, -0.15) is 4.31 Å². The monoisotopic (exact) mass is 421 g/mol. The maximum atomic E-state index is 12.9. The molecule has 1 aliphatic rings. The van der Waals surface area contributed by atoms with Gasteiger partial charge in [0.05, 0.1) is 4.90 Å². The fourth-order valence-electron chi connectivity index (χ4n) is 3.04. The lowest BCUT2D eigenvalue weighted by Crippen LogP contribution is -2.47. The molecule has 0 bridgehead atoms. The van der Waals surface area contributed by atoms with Crippen molar-refractivity contribution < 1.29 is 13.2 Å². The van der Waals surface area contributed by atoms with Crippen LogP contribution >= 0.6 is 11.6 Å². The second-order valence-corrected chi connectivity index (χ2v) is 9.28. The lowest BCUT2D eigenvalue weighted by molar-refractivity contribution is -0.116. The van der Waals surface area contributed by atoms with Gasteiger partial charge in [-0.1, -0.05) is 29.8 Å². The zero-order valence-electron chi connectivity index (χ0n) is 15.8. The lowest BCUT2D eigenvalue weighted by atomic mass is 10.1. The summed E-state index contributed by atoms with van der Waals surface area (Å²) < 4.78 is 27.2. The first-order valence-corrected chi connectivity index (χ1v) is 11.0. The quantitative estimate of drug-likeness (QED) is 0.778. The van der Waals surface area contributed by atoms with Gasteiger partial charge in [0.2, 0.25) is 15.9 Å². The molecular formula is C20H24ClN3O3S. The van der Waals surface area contributed by atoms with Gasteiger partial charge in [-0.25, -0.2) is 8.42 Å². The van der Waals surface area contributed by atoms with Gasteiger partial charge in [-0.15, -0.1) is 0 Å². The molecule has 2 aromatic carbocycles. The summed E-state index contributed by atoms with van der Waals surface area (Å²) in [4.78, 5) is 14.6. The number of sulfonamides is 1. The fraction of sp³-hybridized carbons (Fsp3) is 0.350. The third kappa shape index (κ3) is 5.32. The van der Waals surface area contributed by atoms with E-state index in [4.69, 9.17) is 11.6 Å². The Labute approximate surface area is 171 Å². The predicted octanol–water partition coefficient (Wildman–Crippen LogP) is 2.85. The lowest BCUT2D eigenvalue weighted by Gasteiger charge is -2.31. The van der Waals surface area contributed by atoms with Crippen LogP contribution in [0.15, 0.2) is 53.4 Å². The van der Waals surface area contributed by atoms with Gasteiger partial charge in [-0.3, -0.25) is 4.79 Å². The van der Waals surface area contributed by atoms with Crippen LogP contribution in [0.1, 0.15) is 12.0 Å². The summed E-state index contributed by atoms with van der Waals surface area (Å²) in [7, 11) is -1.58. The van der Waals surface area contributed by atoms with E-state index >= 15 is 0 Å². The van der Waals surface area contributed by atoms with Gasteiger partial charge in [0.15, 0.2) is 0 Å². The summed E-state index contributed by atoms with van der Waals surface area (Å²) in [6.07, 6.45) is 0.888. The molecule has 1 amide bonds. The molecule has 1 heterocycles. The first-order valence-electron chi connectivity index (χ1n) is 9.18. The fourth-order valence-corrected chi connectivity index (χ4v) is 4.64. The Morgan fingerprint density at radius 2 is 1.75 bits per heavy atom. The summed E-state index contributed by atoms with van der Waals surface area (Å²) in [5.41, 5.74) is 1.50. The molecule has 0 unspecified atom stereocenters. The number of likely N-dealkylation sites (N-methyl/N-ethyl adjacent to an activating group) is 1. The van der Waals surface area contributed by atoms with Gasteiger partial charge in [0.25, 0.3) is 0 Å². The summed E-state index contributed by atoms with van der Waals surface area (Å²) in [6, 6.07) is 13.8. The maximum absolute atomic E-state index is 12.9. The van der Waals surface area contributed by atoms with Crippen LogP contribution in [0, 0.1) is 0 Å². The van der Waals surface area contributed by atoms with Crippen molar-refractivity contribution in [1.82, 2.24) is 9.21 Å². The van der Waals surface area contributed by atoms with Crippen molar-refractivity contribution in [3.63, 3.8) is 0 Å². The number of hydrogen-bond donors (Lipinski definition) is 1. The van der Waals surface area contributed by atoms with E-state index in [-0.39, 0.29) is 10.8 Å². The molecular weight excluding hydrogens is 398 g/mol. The van der Waals surface area contributed by atoms with Gasteiger partial charge in [0, 0.05) is 43.3 Å². The Bertz CT molecular complexity index is 924. The van der Waals surface area contributed by atoms with E-state index in [1.54, 1.807) is 30.3 Å². The van der Waals surface area contributed by atoms with Crippen LogP contribution in [0.3, 0.4) is 0 Å². The average molecular weight is 422 g/mol. The second kappa shape index (κ2) is 9.05. The van der Waals surface area contributed by atoms with Crippen LogP contribution in [0.5, 0.6) is 0 Å². The van der Waals surface area contributed by atoms with Gasteiger partial charge >= 0.3 is 0 Å². The normalized spacial score (nSPS) is 16.1. The second-order valence-electron chi connectivity index (χ2n) is 6.91. The Morgan fingerprint density at radius 3 is 2.43 bits per heavy atom.